The Bertz CT molecular complexity index is 675. The number of aromatic nitrogens is 1. The topological polar surface area (TPSA) is 36.4 Å². The van der Waals surface area contributed by atoms with Crippen molar-refractivity contribution in [2.75, 3.05) is 31.1 Å². The van der Waals surface area contributed by atoms with Crippen LogP contribution in [0, 0.1) is 5.82 Å². The number of nitrogens with zero attached hydrogens (tertiary/aromatic N) is 3. The van der Waals surface area contributed by atoms with Crippen LogP contribution in [0.25, 0.3) is 0 Å². The summed E-state index contributed by atoms with van der Waals surface area (Å²) in [4.78, 5) is 20.9. The van der Waals surface area contributed by atoms with Gasteiger partial charge in [0.25, 0.3) is 5.91 Å². The molecule has 1 aromatic heterocycles. The number of halogens is 2. The van der Waals surface area contributed by atoms with Crippen molar-refractivity contribution >= 4 is 27.7 Å². The Morgan fingerprint density at radius 3 is 2.52 bits per heavy atom. The molecule has 0 bridgehead atoms. The first kappa shape index (κ1) is 15.9. The van der Waals surface area contributed by atoms with Crippen molar-refractivity contribution in [3.63, 3.8) is 0 Å². The first-order valence-corrected chi connectivity index (χ1v) is 8.34. The van der Waals surface area contributed by atoms with E-state index in [4.69, 9.17) is 0 Å². The summed E-state index contributed by atoms with van der Waals surface area (Å²) in [5.41, 5.74) is 0.529. The lowest BCUT2D eigenvalue weighted by atomic mass is 10.2. The molecule has 1 saturated heterocycles. The third-order valence-electron chi connectivity index (χ3n) is 3.91. The molecule has 4 nitrogen and oxygen atoms in total. The van der Waals surface area contributed by atoms with Gasteiger partial charge in [-0.1, -0.05) is 0 Å². The van der Waals surface area contributed by atoms with Crippen molar-refractivity contribution in [2.24, 2.45) is 0 Å². The van der Waals surface area contributed by atoms with Gasteiger partial charge in [0, 0.05) is 42.4 Å². The summed E-state index contributed by atoms with van der Waals surface area (Å²) in [6.45, 7) is 2.93. The van der Waals surface area contributed by atoms with E-state index in [9.17, 15) is 9.18 Å². The highest BCUT2D eigenvalue weighted by Gasteiger charge is 2.20. The van der Waals surface area contributed by atoms with Crippen molar-refractivity contribution in [1.82, 2.24) is 9.88 Å². The monoisotopic (exact) mass is 377 g/mol. The van der Waals surface area contributed by atoms with E-state index in [-0.39, 0.29) is 11.7 Å². The van der Waals surface area contributed by atoms with Crippen molar-refractivity contribution in [3.05, 3.63) is 58.4 Å². The molecule has 120 valence electrons. The van der Waals surface area contributed by atoms with Gasteiger partial charge in [0.1, 0.15) is 11.6 Å². The van der Waals surface area contributed by atoms with E-state index < -0.39 is 0 Å². The minimum absolute atomic E-state index is 0.0457. The van der Waals surface area contributed by atoms with E-state index in [2.05, 4.69) is 25.8 Å². The Hall–Kier alpha value is -1.95. The molecule has 0 atom stereocenters. The minimum atomic E-state index is -0.329. The zero-order chi connectivity index (χ0) is 16.2. The fraction of sp³-hybridized carbons (Fsp3) is 0.294. The quantitative estimate of drug-likeness (QED) is 0.805. The Kier molecular flexibility index (Phi) is 4.91. The lowest BCUT2D eigenvalue weighted by molar-refractivity contribution is 0.0767. The molecule has 2 heterocycles. The molecule has 2 aromatic rings. The number of hydrogen-bond donors (Lipinski definition) is 0. The number of anilines is 1. The van der Waals surface area contributed by atoms with Crippen LogP contribution in [0.15, 0.2) is 47.1 Å². The van der Waals surface area contributed by atoms with Gasteiger partial charge in [-0.3, -0.25) is 4.79 Å². The SMILES string of the molecule is O=C(c1ccc(F)cc1)N1CCCN(c2ccc(Br)cn2)CC1. The van der Waals surface area contributed by atoms with Gasteiger partial charge < -0.3 is 9.80 Å². The maximum atomic E-state index is 13.0. The smallest absolute Gasteiger partial charge is 0.253 e. The van der Waals surface area contributed by atoms with Crippen LogP contribution >= 0.6 is 15.9 Å². The second-order valence-corrected chi connectivity index (χ2v) is 6.39. The van der Waals surface area contributed by atoms with Gasteiger partial charge in [-0.15, -0.1) is 0 Å². The predicted octanol–water partition coefficient (Wildman–Crippen LogP) is 3.34. The van der Waals surface area contributed by atoms with Gasteiger partial charge in [0.15, 0.2) is 0 Å². The fourth-order valence-electron chi connectivity index (χ4n) is 2.68. The molecule has 0 spiro atoms. The lowest BCUT2D eigenvalue weighted by Crippen LogP contribution is -2.35. The summed E-state index contributed by atoms with van der Waals surface area (Å²) in [7, 11) is 0. The molecule has 1 aliphatic rings. The van der Waals surface area contributed by atoms with Crippen LogP contribution in [0.4, 0.5) is 10.2 Å². The van der Waals surface area contributed by atoms with Gasteiger partial charge in [0.05, 0.1) is 0 Å². The molecule has 1 aliphatic heterocycles. The van der Waals surface area contributed by atoms with Gasteiger partial charge in [0.2, 0.25) is 0 Å². The zero-order valence-electron chi connectivity index (χ0n) is 12.6. The van der Waals surface area contributed by atoms with Gasteiger partial charge in [-0.2, -0.15) is 0 Å². The highest BCUT2D eigenvalue weighted by atomic mass is 79.9. The summed E-state index contributed by atoms with van der Waals surface area (Å²) in [5.74, 6) is 0.546. The Labute approximate surface area is 143 Å². The molecule has 0 radical (unpaired) electrons. The maximum Gasteiger partial charge on any atom is 0.253 e. The van der Waals surface area contributed by atoms with E-state index in [1.165, 1.54) is 24.3 Å². The van der Waals surface area contributed by atoms with E-state index in [1.54, 1.807) is 6.20 Å². The Morgan fingerprint density at radius 2 is 1.83 bits per heavy atom. The van der Waals surface area contributed by atoms with Gasteiger partial charge in [-0.05, 0) is 58.7 Å². The Morgan fingerprint density at radius 1 is 1.04 bits per heavy atom. The van der Waals surface area contributed by atoms with Crippen LogP contribution in [0.1, 0.15) is 16.8 Å². The number of carbonyl (C=O) groups is 1. The molecule has 1 aromatic carbocycles. The predicted molar refractivity (Wildman–Crippen MR) is 91.1 cm³/mol. The minimum Gasteiger partial charge on any atom is -0.355 e. The summed E-state index contributed by atoms with van der Waals surface area (Å²) in [5, 5.41) is 0. The van der Waals surface area contributed by atoms with E-state index >= 15 is 0 Å². The van der Waals surface area contributed by atoms with Crippen molar-refractivity contribution < 1.29 is 9.18 Å². The third-order valence-corrected chi connectivity index (χ3v) is 4.38. The standard InChI is InChI=1S/C17H17BrFN3O/c18-14-4-7-16(20-12-14)21-8-1-9-22(11-10-21)17(23)13-2-5-15(19)6-3-13/h2-7,12H,1,8-11H2. The first-order valence-electron chi connectivity index (χ1n) is 7.55. The van der Waals surface area contributed by atoms with Crippen molar-refractivity contribution in [3.8, 4) is 0 Å². The molecule has 0 aliphatic carbocycles. The van der Waals surface area contributed by atoms with Crippen LogP contribution in [0.3, 0.4) is 0 Å². The summed E-state index contributed by atoms with van der Waals surface area (Å²) >= 11 is 3.38. The third kappa shape index (κ3) is 3.88. The normalized spacial score (nSPS) is 15.4. The van der Waals surface area contributed by atoms with E-state index in [0.717, 1.165) is 29.8 Å². The van der Waals surface area contributed by atoms with Crippen LogP contribution in [-0.4, -0.2) is 42.0 Å². The van der Waals surface area contributed by atoms with Crippen LogP contribution < -0.4 is 4.90 Å². The number of amides is 1. The maximum absolute atomic E-state index is 13.0. The van der Waals surface area contributed by atoms with E-state index in [1.807, 2.05) is 17.0 Å². The second kappa shape index (κ2) is 7.08. The summed E-state index contributed by atoms with van der Waals surface area (Å²) < 4.78 is 13.9. The van der Waals surface area contributed by atoms with Gasteiger partial charge in [-0.25, -0.2) is 9.37 Å². The lowest BCUT2D eigenvalue weighted by Gasteiger charge is -2.23. The molecule has 1 amide bonds. The summed E-state index contributed by atoms with van der Waals surface area (Å²) in [6, 6.07) is 9.66. The fourth-order valence-corrected chi connectivity index (χ4v) is 2.91. The van der Waals surface area contributed by atoms with Crippen molar-refractivity contribution in [1.29, 1.82) is 0 Å². The Balaban J connectivity index is 1.67. The van der Waals surface area contributed by atoms with Crippen LogP contribution in [-0.2, 0) is 0 Å². The largest absolute Gasteiger partial charge is 0.355 e. The first-order chi connectivity index (χ1) is 11.1. The average molecular weight is 378 g/mol. The molecule has 3 rings (SSSR count). The molecule has 0 N–H and O–H groups in total. The van der Waals surface area contributed by atoms with Gasteiger partial charge >= 0.3 is 0 Å². The molecular weight excluding hydrogens is 361 g/mol. The zero-order valence-corrected chi connectivity index (χ0v) is 14.2. The molecule has 0 unspecified atom stereocenters. The number of hydrogen-bond acceptors (Lipinski definition) is 3. The molecule has 1 fully saturated rings. The average Bonchev–Trinajstić information content (AvgIpc) is 2.82. The second-order valence-electron chi connectivity index (χ2n) is 5.47. The van der Waals surface area contributed by atoms with Crippen LogP contribution in [0.2, 0.25) is 0 Å². The molecule has 6 heteroatoms. The van der Waals surface area contributed by atoms with Crippen LogP contribution in [0.5, 0.6) is 0 Å². The number of pyridine rings is 1. The highest BCUT2D eigenvalue weighted by Crippen LogP contribution is 2.17. The molecule has 0 saturated carbocycles. The number of benzene rings is 1. The number of carbonyl (C=O) groups excluding carboxylic acids is 1. The highest BCUT2D eigenvalue weighted by molar-refractivity contribution is 9.10. The van der Waals surface area contributed by atoms with E-state index in [0.29, 0.717) is 18.7 Å². The molecular formula is C17H17BrFN3O. The number of rotatable bonds is 2. The molecule has 23 heavy (non-hydrogen) atoms. The van der Waals surface area contributed by atoms with Crippen molar-refractivity contribution in [2.45, 2.75) is 6.42 Å². The summed E-state index contributed by atoms with van der Waals surface area (Å²) in [6.07, 6.45) is 2.66.